The maximum absolute atomic E-state index is 12.9. The van der Waals surface area contributed by atoms with Crippen LogP contribution >= 0.6 is 11.6 Å². The molecule has 2 aromatic carbocycles. The van der Waals surface area contributed by atoms with Crippen molar-refractivity contribution in [3.63, 3.8) is 0 Å². The number of aromatic nitrogens is 2. The quantitative estimate of drug-likeness (QED) is 0.498. The molecule has 154 valence electrons. The summed E-state index contributed by atoms with van der Waals surface area (Å²) in [6.07, 6.45) is -3.34. The second kappa shape index (κ2) is 7.72. The second-order valence-electron chi connectivity index (χ2n) is 6.47. The molecule has 0 bridgehead atoms. The van der Waals surface area contributed by atoms with Crippen LogP contribution in [0.2, 0.25) is 5.02 Å². The number of anilines is 1. The number of benzene rings is 2. The Morgan fingerprint density at radius 3 is 2.43 bits per heavy atom. The number of carbonyl (C=O) groups is 1. The largest absolute Gasteiger partial charge is 0.416 e. The van der Waals surface area contributed by atoms with Gasteiger partial charge in [0, 0.05) is 14.1 Å². The van der Waals surface area contributed by atoms with Crippen LogP contribution in [0.15, 0.2) is 46.8 Å². The zero-order valence-electron chi connectivity index (χ0n) is 15.7. The number of hydrogen-bond donors (Lipinski definition) is 1. The van der Waals surface area contributed by atoms with Gasteiger partial charge in [0.05, 0.1) is 27.3 Å². The van der Waals surface area contributed by atoms with Crippen molar-refractivity contribution in [2.45, 2.75) is 6.18 Å². The highest BCUT2D eigenvalue weighted by molar-refractivity contribution is 6.34. The molecule has 0 saturated heterocycles. The van der Waals surface area contributed by atoms with E-state index in [1.807, 2.05) is 0 Å². The highest BCUT2D eigenvalue weighted by atomic mass is 35.5. The molecule has 6 nitrogen and oxygen atoms in total. The summed E-state index contributed by atoms with van der Waals surface area (Å²) in [5.41, 5.74) is -0.107. The number of imidazole rings is 1. The molecule has 30 heavy (non-hydrogen) atoms. The van der Waals surface area contributed by atoms with Crippen molar-refractivity contribution in [1.82, 2.24) is 9.13 Å². The Balaban J connectivity index is 1.95. The zero-order chi connectivity index (χ0) is 22.2. The van der Waals surface area contributed by atoms with Gasteiger partial charge in [0.25, 0.3) is 5.91 Å². The minimum absolute atomic E-state index is 0.102. The van der Waals surface area contributed by atoms with Gasteiger partial charge in [-0.05, 0) is 42.0 Å². The minimum atomic E-state index is -4.61. The van der Waals surface area contributed by atoms with Crippen molar-refractivity contribution in [3.05, 3.63) is 68.6 Å². The second-order valence-corrected chi connectivity index (χ2v) is 6.87. The average molecular weight is 435 g/mol. The molecule has 0 fully saturated rings. The average Bonchev–Trinajstić information content (AvgIpc) is 2.90. The molecule has 0 saturated carbocycles. The molecule has 0 aliphatic rings. The van der Waals surface area contributed by atoms with Gasteiger partial charge in [0.15, 0.2) is 0 Å². The number of hydrogen-bond acceptors (Lipinski definition) is 3. The Morgan fingerprint density at radius 2 is 1.80 bits per heavy atom. The number of carbonyl (C=O) groups excluding carboxylic acids is 1. The predicted octanol–water partition coefficient (Wildman–Crippen LogP) is 4.09. The van der Waals surface area contributed by atoms with Gasteiger partial charge < -0.3 is 5.32 Å². The van der Waals surface area contributed by atoms with Crippen LogP contribution in [0.3, 0.4) is 0 Å². The third-order valence-corrected chi connectivity index (χ3v) is 4.84. The highest BCUT2D eigenvalue weighted by Gasteiger charge is 2.31. The lowest BCUT2D eigenvalue weighted by atomic mass is 10.1. The smallest absolute Gasteiger partial charge is 0.320 e. The molecule has 1 N–H and O–H groups in total. The molecule has 0 unspecified atom stereocenters. The number of nitrogens with zero attached hydrogens (tertiary/aromatic N) is 3. The SMILES string of the molecule is Cn1c(=O)n(C)c2cc(/C=C(\C#N)C(=O)Nc3cc(C(F)(F)F)ccc3Cl)ccc21. The van der Waals surface area contributed by atoms with Crippen molar-refractivity contribution in [2.75, 3.05) is 5.32 Å². The van der Waals surface area contributed by atoms with E-state index in [4.69, 9.17) is 11.6 Å². The lowest BCUT2D eigenvalue weighted by Crippen LogP contribution is -2.19. The first-order valence-electron chi connectivity index (χ1n) is 8.48. The Morgan fingerprint density at radius 1 is 1.13 bits per heavy atom. The van der Waals surface area contributed by atoms with Crippen LogP contribution in [0.25, 0.3) is 17.1 Å². The molecule has 0 aliphatic carbocycles. The fraction of sp³-hybridized carbons (Fsp3) is 0.150. The molecule has 0 aliphatic heterocycles. The molecule has 0 spiro atoms. The van der Waals surface area contributed by atoms with E-state index in [1.54, 1.807) is 38.4 Å². The topological polar surface area (TPSA) is 79.8 Å². The first-order chi connectivity index (χ1) is 14.0. The zero-order valence-corrected chi connectivity index (χ0v) is 16.5. The number of amides is 1. The van der Waals surface area contributed by atoms with Crippen LogP contribution in [0.4, 0.5) is 18.9 Å². The van der Waals surface area contributed by atoms with Crippen molar-refractivity contribution >= 4 is 40.3 Å². The summed E-state index contributed by atoms with van der Waals surface area (Å²) in [6.45, 7) is 0. The number of nitrogens with one attached hydrogen (secondary N) is 1. The summed E-state index contributed by atoms with van der Waals surface area (Å²) in [7, 11) is 3.21. The molecule has 1 amide bonds. The first-order valence-corrected chi connectivity index (χ1v) is 8.86. The summed E-state index contributed by atoms with van der Waals surface area (Å²) in [5.74, 6) is -0.916. The van der Waals surface area contributed by atoms with Gasteiger partial charge in [0.2, 0.25) is 0 Å². The number of nitriles is 1. The summed E-state index contributed by atoms with van der Waals surface area (Å²) < 4.78 is 41.6. The van der Waals surface area contributed by atoms with E-state index < -0.39 is 17.6 Å². The Kier molecular flexibility index (Phi) is 5.46. The van der Waals surface area contributed by atoms with E-state index in [1.165, 1.54) is 15.2 Å². The molecular formula is C20H14ClF3N4O2. The molecule has 3 aromatic rings. The van der Waals surface area contributed by atoms with E-state index >= 15 is 0 Å². The molecule has 1 aromatic heterocycles. The predicted molar refractivity (Wildman–Crippen MR) is 107 cm³/mol. The number of alkyl halides is 3. The molecule has 0 atom stereocenters. The molecule has 3 rings (SSSR count). The summed E-state index contributed by atoms with van der Waals surface area (Å²) in [4.78, 5) is 24.5. The monoisotopic (exact) mass is 434 g/mol. The summed E-state index contributed by atoms with van der Waals surface area (Å²) in [5, 5.41) is 11.5. The molecule has 0 radical (unpaired) electrons. The van der Waals surface area contributed by atoms with Gasteiger partial charge in [0.1, 0.15) is 11.6 Å². The van der Waals surface area contributed by atoms with E-state index in [2.05, 4.69) is 5.32 Å². The van der Waals surface area contributed by atoms with E-state index in [0.717, 1.165) is 12.1 Å². The van der Waals surface area contributed by atoms with Crippen LogP contribution in [0, 0.1) is 11.3 Å². The minimum Gasteiger partial charge on any atom is -0.320 e. The third-order valence-electron chi connectivity index (χ3n) is 4.51. The first kappa shape index (κ1) is 21.2. The Hall–Kier alpha value is -3.51. The summed E-state index contributed by atoms with van der Waals surface area (Å²) >= 11 is 5.88. The van der Waals surface area contributed by atoms with E-state index in [0.29, 0.717) is 22.7 Å². The van der Waals surface area contributed by atoms with Crippen LogP contribution in [0.1, 0.15) is 11.1 Å². The molecular weight excluding hydrogens is 421 g/mol. The van der Waals surface area contributed by atoms with Crippen LogP contribution in [-0.4, -0.2) is 15.0 Å². The lowest BCUT2D eigenvalue weighted by molar-refractivity contribution is -0.137. The van der Waals surface area contributed by atoms with Crippen molar-refractivity contribution in [2.24, 2.45) is 14.1 Å². The standard InChI is InChI=1S/C20H14ClF3N4O2/c1-27-16-6-3-11(8-17(16)28(2)19(27)30)7-12(10-25)18(29)26-15-9-13(20(22,23)24)4-5-14(15)21/h3-9H,1-2H3,(H,26,29)/b12-7+. The number of aryl methyl sites for hydroxylation is 2. The van der Waals surface area contributed by atoms with Crippen LogP contribution in [-0.2, 0) is 25.1 Å². The van der Waals surface area contributed by atoms with Crippen molar-refractivity contribution in [3.8, 4) is 6.07 Å². The van der Waals surface area contributed by atoms with E-state index in [-0.39, 0.29) is 22.0 Å². The maximum Gasteiger partial charge on any atom is 0.416 e. The van der Waals surface area contributed by atoms with Gasteiger partial charge in [-0.25, -0.2) is 4.79 Å². The summed E-state index contributed by atoms with van der Waals surface area (Å²) in [6, 6.07) is 9.13. The number of fused-ring (bicyclic) bond motifs is 1. The van der Waals surface area contributed by atoms with Gasteiger partial charge in [-0.2, -0.15) is 18.4 Å². The normalized spacial score (nSPS) is 12.1. The lowest BCUT2D eigenvalue weighted by Gasteiger charge is -2.11. The maximum atomic E-state index is 12.9. The Labute approximate surface area is 173 Å². The van der Waals surface area contributed by atoms with Crippen LogP contribution < -0.4 is 11.0 Å². The van der Waals surface area contributed by atoms with Gasteiger partial charge in [-0.3, -0.25) is 13.9 Å². The van der Waals surface area contributed by atoms with Gasteiger partial charge in [-0.15, -0.1) is 0 Å². The number of rotatable bonds is 3. The van der Waals surface area contributed by atoms with Gasteiger partial charge in [-0.1, -0.05) is 17.7 Å². The van der Waals surface area contributed by atoms with Crippen molar-refractivity contribution in [1.29, 1.82) is 5.26 Å². The Bertz CT molecular complexity index is 1300. The highest BCUT2D eigenvalue weighted by Crippen LogP contribution is 2.34. The van der Waals surface area contributed by atoms with Crippen molar-refractivity contribution < 1.29 is 18.0 Å². The third kappa shape index (κ3) is 3.95. The molecule has 1 heterocycles. The van der Waals surface area contributed by atoms with Crippen LogP contribution in [0.5, 0.6) is 0 Å². The number of halogens is 4. The van der Waals surface area contributed by atoms with E-state index in [9.17, 15) is 28.0 Å². The fourth-order valence-corrected chi connectivity index (χ4v) is 3.08. The molecule has 10 heteroatoms. The van der Waals surface area contributed by atoms with Gasteiger partial charge >= 0.3 is 11.9 Å². The fourth-order valence-electron chi connectivity index (χ4n) is 2.92.